The predicted octanol–water partition coefficient (Wildman–Crippen LogP) is 19.0. The van der Waals surface area contributed by atoms with Gasteiger partial charge >= 0.3 is 0 Å². The number of fused-ring (bicyclic) bond motifs is 6. The lowest BCUT2D eigenvalue weighted by molar-refractivity contribution is 0.953. The Balaban J connectivity index is 0.696. The summed E-state index contributed by atoms with van der Waals surface area (Å²) in [6, 6.07) is 104. The first-order chi connectivity index (χ1) is 44.5. The fraction of sp³-hybridized carbons (Fsp3) is 0. The summed E-state index contributed by atoms with van der Waals surface area (Å²) in [5.74, 6) is 3.10. The van der Waals surface area contributed by atoms with E-state index in [4.69, 9.17) is 29.9 Å². The summed E-state index contributed by atoms with van der Waals surface area (Å²) in [4.78, 5) is 31.0. The summed E-state index contributed by atoms with van der Waals surface area (Å²) in [7, 11) is 0. The van der Waals surface area contributed by atoms with Crippen LogP contribution < -0.4 is 0 Å². The average Bonchev–Trinajstić information content (AvgIpc) is 1.63. The molecule has 0 aliphatic heterocycles. The minimum atomic E-state index is 0.461. The number of para-hydroxylation sites is 2. The summed E-state index contributed by atoms with van der Waals surface area (Å²) < 4.78 is 4.11. The van der Waals surface area contributed by atoms with E-state index in [1.807, 2.05) is 102 Å². The molecule has 4 aromatic heterocycles. The summed E-state index contributed by atoms with van der Waals surface area (Å²) in [5.41, 5.74) is 19.1. The molecule has 90 heavy (non-hydrogen) atoms. The van der Waals surface area contributed by atoms with Gasteiger partial charge in [0.1, 0.15) is 0 Å². The Morgan fingerprint density at radius 3 is 0.933 bits per heavy atom. The van der Waals surface area contributed by atoms with E-state index in [9.17, 15) is 10.5 Å². The van der Waals surface area contributed by atoms with Crippen LogP contribution in [0, 0.1) is 22.7 Å². The van der Waals surface area contributed by atoms with Crippen molar-refractivity contribution >= 4 is 43.6 Å². The van der Waals surface area contributed by atoms with Crippen LogP contribution in [0.25, 0.3) is 157 Å². The molecule has 16 rings (SSSR count). The molecule has 418 valence electrons. The average molecular weight is 1150 g/mol. The zero-order chi connectivity index (χ0) is 60.1. The molecule has 0 saturated carbocycles. The van der Waals surface area contributed by atoms with Gasteiger partial charge in [0.25, 0.3) is 0 Å². The highest BCUT2D eigenvalue weighted by molar-refractivity contribution is 6.10. The van der Waals surface area contributed by atoms with Crippen molar-refractivity contribution in [3.05, 3.63) is 302 Å². The molecule has 12 aromatic carbocycles. The Labute approximate surface area is 517 Å². The number of hydrogen-bond acceptors (Lipinski definition) is 8. The zero-order valence-electron chi connectivity index (χ0n) is 48.2. The van der Waals surface area contributed by atoms with Gasteiger partial charge in [0, 0.05) is 43.8 Å². The van der Waals surface area contributed by atoms with E-state index in [2.05, 4.69) is 211 Å². The second kappa shape index (κ2) is 22.3. The molecule has 0 aliphatic carbocycles. The van der Waals surface area contributed by atoms with Gasteiger partial charge in [-0.05, 0) is 104 Å². The molecule has 0 bridgehead atoms. The Morgan fingerprint density at radius 1 is 0.211 bits per heavy atom. The molecule has 16 aromatic rings. The largest absolute Gasteiger partial charge is 0.278 e. The number of aromatic nitrogens is 8. The van der Waals surface area contributed by atoms with Crippen molar-refractivity contribution in [2.75, 3.05) is 0 Å². The Bertz CT molecular complexity index is 5510. The molecule has 0 aliphatic rings. The Morgan fingerprint density at radius 2 is 0.511 bits per heavy atom. The topological polar surface area (TPSA) is 135 Å². The third-order valence-corrected chi connectivity index (χ3v) is 16.8. The van der Waals surface area contributed by atoms with Gasteiger partial charge in [-0.15, -0.1) is 0 Å². The smallest absolute Gasteiger partial charge is 0.238 e. The van der Waals surface area contributed by atoms with Crippen LogP contribution >= 0.6 is 0 Å². The molecule has 0 amide bonds. The summed E-state index contributed by atoms with van der Waals surface area (Å²) >= 11 is 0. The van der Waals surface area contributed by atoms with Crippen LogP contribution in [-0.2, 0) is 0 Å². The molecular formula is C80H48N10. The third kappa shape index (κ3) is 9.66. The number of nitrogens with zero attached hydrogens (tertiary/aromatic N) is 10. The van der Waals surface area contributed by atoms with E-state index < -0.39 is 0 Å². The molecule has 0 radical (unpaired) electrons. The maximum Gasteiger partial charge on any atom is 0.238 e. The molecule has 0 unspecified atom stereocenters. The Hall–Kier alpha value is -12.8. The van der Waals surface area contributed by atoms with E-state index in [-0.39, 0.29) is 0 Å². The van der Waals surface area contributed by atoms with Gasteiger partial charge in [-0.2, -0.15) is 30.5 Å². The predicted molar refractivity (Wildman–Crippen MR) is 360 cm³/mol. The highest BCUT2D eigenvalue weighted by Gasteiger charge is 2.21. The lowest BCUT2D eigenvalue weighted by Crippen LogP contribution is -2.06. The molecule has 10 nitrogen and oxygen atoms in total. The van der Waals surface area contributed by atoms with E-state index in [0.717, 1.165) is 122 Å². The van der Waals surface area contributed by atoms with Gasteiger partial charge in [0.15, 0.2) is 23.3 Å². The lowest BCUT2D eigenvalue weighted by Gasteiger charge is -2.12. The third-order valence-electron chi connectivity index (χ3n) is 16.8. The summed E-state index contributed by atoms with van der Waals surface area (Å²) in [6.07, 6.45) is 0. The van der Waals surface area contributed by atoms with Crippen molar-refractivity contribution in [1.29, 1.82) is 10.5 Å². The summed E-state index contributed by atoms with van der Waals surface area (Å²) in [6.45, 7) is 0. The summed E-state index contributed by atoms with van der Waals surface area (Å²) in [5, 5.41) is 23.9. The van der Waals surface area contributed by atoms with Crippen molar-refractivity contribution in [2.24, 2.45) is 0 Å². The maximum absolute atomic E-state index is 9.99. The minimum Gasteiger partial charge on any atom is -0.278 e. The van der Waals surface area contributed by atoms with Gasteiger partial charge < -0.3 is 0 Å². The SMILES string of the molecule is N#Cc1ccc2c(c1)c1ccccc1n2-c1nc(-c2ccc(-c3ccccc3)cc2)nc(-c2ccc(-c3cccc(-c4ccc(-c5ccc(-c6nc(-c7ccc(-c8ccccc8)cc7)nc(-n7c8ccccc8c8ccc(C#N)cc87)n6)cc5)cc4)c3)cc2)n1. The van der Waals surface area contributed by atoms with Gasteiger partial charge in [-0.1, -0.05) is 243 Å². The van der Waals surface area contributed by atoms with E-state index >= 15 is 0 Å². The lowest BCUT2D eigenvalue weighted by atomic mass is 9.96. The molecule has 0 fully saturated rings. The van der Waals surface area contributed by atoms with E-state index in [1.165, 1.54) is 0 Å². The number of hydrogen-bond donors (Lipinski definition) is 0. The number of benzene rings is 12. The van der Waals surface area contributed by atoms with Crippen molar-refractivity contribution in [3.63, 3.8) is 0 Å². The molecule has 0 N–H and O–H groups in total. The minimum absolute atomic E-state index is 0.461. The number of nitriles is 2. The van der Waals surface area contributed by atoms with Crippen LogP contribution in [0.4, 0.5) is 0 Å². The maximum atomic E-state index is 9.99. The van der Waals surface area contributed by atoms with E-state index in [1.54, 1.807) is 0 Å². The molecule has 0 atom stereocenters. The first kappa shape index (κ1) is 52.8. The fourth-order valence-electron chi connectivity index (χ4n) is 12.2. The molecule has 4 heterocycles. The monoisotopic (exact) mass is 1150 g/mol. The van der Waals surface area contributed by atoms with Crippen LogP contribution in [0.5, 0.6) is 0 Å². The second-order valence-electron chi connectivity index (χ2n) is 22.2. The van der Waals surface area contributed by atoms with E-state index in [0.29, 0.717) is 46.3 Å². The quantitative estimate of drug-likeness (QED) is 0.125. The van der Waals surface area contributed by atoms with Crippen LogP contribution in [0.2, 0.25) is 0 Å². The standard InChI is InChI=1S/C80H48N10/c81-49-51-23-45-73-70(46-51)68-19-8-10-21-72(68)89(73)79-85-75(61-36-28-55(29-37-61)53-12-3-1-4-13-53)83-76(86-79)64-42-34-60(35-43-64)66-17-11-16-65(48-66)59-26-24-57(25-27-59)58-32-40-63(41-33-58)78-84-77(62-38-30-56(31-39-62)54-14-5-2-6-15-54)87-80(88-78)90-71-20-9-7-18-67(71)69-44-22-52(50-82)47-74(69)90/h1-48H. The van der Waals surface area contributed by atoms with Crippen molar-refractivity contribution < 1.29 is 0 Å². The van der Waals surface area contributed by atoms with Gasteiger partial charge in [0.2, 0.25) is 11.9 Å². The van der Waals surface area contributed by atoms with Crippen molar-refractivity contribution in [1.82, 2.24) is 39.0 Å². The van der Waals surface area contributed by atoms with Crippen LogP contribution in [0.1, 0.15) is 11.1 Å². The second-order valence-corrected chi connectivity index (χ2v) is 22.2. The fourth-order valence-corrected chi connectivity index (χ4v) is 12.2. The first-order valence-electron chi connectivity index (χ1n) is 29.6. The van der Waals surface area contributed by atoms with Gasteiger partial charge in [0.05, 0.1) is 45.3 Å². The molecule has 0 saturated heterocycles. The van der Waals surface area contributed by atoms with Gasteiger partial charge in [-0.25, -0.2) is 9.97 Å². The highest BCUT2D eigenvalue weighted by Crippen LogP contribution is 2.37. The van der Waals surface area contributed by atoms with Crippen LogP contribution in [0.15, 0.2) is 291 Å². The molecule has 0 spiro atoms. The highest BCUT2D eigenvalue weighted by atomic mass is 15.2. The zero-order valence-corrected chi connectivity index (χ0v) is 48.2. The van der Waals surface area contributed by atoms with Crippen molar-refractivity contribution in [2.45, 2.75) is 0 Å². The molecular weight excluding hydrogens is 1100 g/mol. The Kier molecular flexibility index (Phi) is 13.1. The number of rotatable bonds is 11. The first-order valence-corrected chi connectivity index (χ1v) is 29.6. The van der Waals surface area contributed by atoms with Crippen LogP contribution in [-0.4, -0.2) is 39.0 Å². The van der Waals surface area contributed by atoms with Gasteiger partial charge in [-0.3, -0.25) is 9.13 Å². The van der Waals surface area contributed by atoms with Crippen LogP contribution in [0.3, 0.4) is 0 Å². The normalized spacial score (nSPS) is 11.3. The molecule has 10 heteroatoms. The van der Waals surface area contributed by atoms with Crippen molar-refractivity contribution in [3.8, 4) is 125 Å².